The topological polar surface area (TPSA) is 99.3 Å². The summed E-state index contributed by atoms with van der Waals surface area (Å²) in [6.07, 6.45) is 8.52. The van der Waals surface area contributed by atoms with E-state index in [9.17, 15) is 9.65 Å². The van der Waals surface area contributed by atoms with Gasteiger partial charge in [0.2, 0.25) is 5.95 Å². The molecule has 8 nitrogen and oxygen atoms in total. The zero-order valence-corrected chi connectivity index (χ0v) is 17.5. The Morgan fingerprint density at radius 3 is 2.53 bits per heavy atom. The van der Waals surface area contributed by atoms with Gasteiger partial charge < -0.3 is 9.47 Å². The summed E-state index contributed by atoms with van der Waals surface area (Å²) < 4.78 is 15.4. The van der Waals surface area contributed by atoms with E-state index >= 15 is 0 Å². The van der Waals surface area contributed by atoms with Crippen LogP contribution >= 0.6 is 0 Å². The summed E-state index contributed by atoms with van der Waals surface area (Å²) in [5, 5.41) is 25.3. The lowest BCUT2D eigenvalue weighted by Gasteiger charge is -2.35. The van der Waals surface area contributed by atoms with Crippen LogP contribution in [0.25, 0.3) is 22.3 Å². The van der Waals surface area contributed by atoms with Crippen LogP contribution in [0.3, 0.4) is 0 Å². The number of hydrogen-bond donors (Lipinski definition) is 1. The Morgan fingerprint density at radius 2 is 1.91 bits per heavy atom. The molecular weight excluding hydrogens is 407 g/mol. The number of halogens is 1. The number of rotatable bonds is 4. The van der Waals surface area contributed by atoms with Gasteiger partial charge in [-0.05, 0) is 25.0 Å². The maximum atomic E-state index is 13.5. The Labute approximate surface area is 184 Å². The van der Waals surface area contributed by atoms with Crippen LogP contribution in [0.5, 0.6) is 0 Å². The number of anilines is 1. The number of aryl methyl sites for hydroxylation is 1. The van der Waals surface area contributed by atoms with Crippen LogP contribution in [-0.4, -0.2) is 43.0 Å². The highest BCUT2D eigenvalue weighted by molar-refractivity contribution is 5.89. The lowest BCUT2D eigenvalue weighted by atomic mass is 9.90. The number of nitrogens with zero attached hydrogens (tertiary/aromatic N) is 7. The van der Waals surface area contributed by atoms with Crippen molar-refractivity contribution in [2.75, 3.05) is 18.0 Å². The second-order valence-electron chi connectivity index (χ2n) is 7.91. The average molecular weight is 428 g/mol. The van der Waals surface area contributed by atoms with Gasteiger partial charge in [-0.1, -0.05) is 12.1 Å². The van der Waals surface area contributed by atoms with Crippen molar-refractivity contribution in [3.8, 4) is 28.3 Å². The number of aromatic amines is 1. The van der Waals surface area contributed by atoms with Crippen LogP contribution in [0.1, 0.15) is 30.1 Å². The highest BCUT2D eigenvalue weighted by Gasteiger charge is 2.28. The minimum absolute atomic E-state index is 0.317. The van der Waals surface area contributed by atoms with E-state index in [1.807, 2.05) is 23.7 Å². The second-order valence-corrected chi connectivity index (χ2v) is 7.91. The molecule has 1 saturated heterocycles. The van der Waals surface area contributed by atoms with E-state index in [-0.39, 0.29) is 0 Å². The Kier molecular flexibility index (Phi) is 5.11. The predicted octanol–water partition coefficient (Wildman–Crippen LogP) is 3.66. The van der Waals surface area contributed by atoms with Crippen molar-refractivity contribution >= 4 is 5.69 Å². The molecule has 0 atom stereocenters. The van der Waals surface area contributed by atoms with Crippen molar-refractivity contribution in [1.29, 1.82) is 5.26 Å². The van der Waals surface area contributed by atoms with E-state index in [4.69, 9.17) is 0 Å². The summed E-state index contributed by atoms with van der Waals surface area (Å²) in [4.78, 5) is 6.07. The van der Waals surface area contributed by atoms with Crippen molar-refractivity contribution in [1.82, 2.24) is 29.9 Å². The first-order chi connectivity index (χ1) is 15.7. The first-order valence-electron chi connectivity index (χ1n) is 10.4. The zero-order valence-electron chi connectivity index (χ0n) is 17.5. The minimum Gasteiger partial charge on any atom is -0.370 e. The molecule has 160 valence electrons. The van der Waals surface area contributed by atoms with Gasteiger partial charge in [0.05, 0.1) is 17.4 Å². The largest absolute Gasteiger partial charge is 0.370 e. The van der Waals surface area contributed by atoms with Gasteiger partial charge in [0.25, 0.3) is 0 Å². The molecule has 1 aliphatic rings. The molecule has 0 radical (unpaired) electrons. The smallest absolute Gasteiger partial charge is 0.212 e. The first kappa shape index (κ1) is 19.9. The van der Waals surface area contributed by atoms with Gasteiger partial charge in [-0.15, -0.1) is 10.2 Å². The van der Waals surface area contributed by atoms with Gasteiger partial charge in [-0.2, -0.15) is 14.8 Å². The highest BCUT2D eigenvalue weighted by atomic mass is 19.1. The van der Waals surface area contributed by atoms with Crippen LogP contribution in [0, 0.1) is 17.3 Å². The molecule has 3 aromatic heterocycles. The van der Waals surface area contributed by atoms with Crippen LogP contribution in [0.2, 0.25) is 0 Å². The number of aromatic nitrogens is 6. The third kappa shape index (κ3) is 3.50. The van der Waals surface area contributed by atoms with Gasteiger partial charge in [0.1, 0.15) is 18.2 Å². The van der Waals surface area contributed by atoms with Crippen molar-refractivity contribution in [3.63, 3.8) is 0 Å². The number of piperidine rings is 1. The molecule has 32 heavy (non-hydrogen) atoms. The minimum atomic E-state index is -0.532. The summed E-state index contributed by atoms with van der Waals surface area (Å²) >= 11 is 0. The number of hydrogen-bond acceptors (Lipinski definition) is 6. The summed E-state index contributed by atoms with van der Waals surface area (Å²) in [5.41, 5.74) is 4.71. The Morgan fingerprint density at radius 1 is 1.09 bits per heavy atom. The van der Waals surface area contributed by atoms with Crippen LogP contribution < -0.4 is 4.90 Å². The van der Waals surface area contributed by atoms with Crippen molar-refractivity contribution in [2.45, 2.75) is 18.8 Å². The molecule has 0 bridgehead atoms. The fourth-order valence-corrected chi connectivity index (χ4v) is 4.46. The number of nitrogens with one attached hydrogen (secondary N) is 1. The SMILES string of the molecule is Cn1cnnc1C1CCN(c2c(-c3ccc(F)nc3)ccc(-c3cn[nH]c3)c2C#N)CC1. The molecule has 0 unspecified atom stereocenters. The van der Waals surface area contributed by atoms with E-state index in [1.54, 1.807) is 24.8 Å². The molecular formula is C23H21FN8. The summed E-state index contributed by atoms with van der Waals surface area (Å²) in [6, 6.07) is 9.35. The van der Waals surface area contributed by atoms with E-state index in [0.29, 0.717) is 11.5 Å². The normalized spacial score (nSPS) is 14.5. The van der Waals surface area contributed by atoms with Crippen molar-refractivity contribution in [3.05, 3.63) is 66.5 Å². The van der Waals surface area contributed by atoms with E-state index in [2.05, 4.69) is 36.3 Å². The quantitative estimate of drug-likeness (QED) is 0.498. The maximum Gasteiger partial charge on any atom is 0.212 e. The zero-order chi connectivity index (χ0) is 22.1. The molecule has 0 saturated carbocycles. The van der Waals surface area contributed by atoms with Crippen LogP contribution in [0.4, 0.5) is 10.1 Å². The molecule has 1 aliphatic heterocycles. The van der Waals surface area contributed by atoms with Gasteiger partial charge >= 0.3 is 0 Å². The predicted molar refractivity (Wildman–Crippen MR) is 117 cm³/mol. The van der Waals surface area contributed by atoms with E-state index < -0.39 is 5.95 Å². The molecule has 4 heterocycles. The lowest BCUT2D eigenvalue weighted by molar-refractivity contribution is 0.474. The molecule has 4 aromatic rings. The van der Waals surface area contributed by atoms with Crippen LogP contribution in [-0.2, 0) is 7.05 Å². The van der Waals surface area contributed by atoms with Gasteiger partial charge in [-0.3, -0.25) is 5.10 Å². The molecule has 9 heteroatoms. The molecule has 0 aliphatic carbocycles. The third-order valence-electron chi connectivity index (χ3n) is 6.06. The maximum absolute atomic E-state index is 13.5. The van der Waals surface area contributed by atoms with Gasteiger partial charge in [-0.25, -0.2) is 4.98 Å². The molecule has 1 N–H and O–H groups in total. The first-order valence-corrected chi connectivity index (χ1v) is 10.4. The molecule has 0 spiro atoms. The second kappa shape index (κ2) is 8.23. The third-order valence-corrected chi connectivity index (χ3v) is 6.06. The molecule has 0 amide bonds. The van der Waals surface area contributed by atoms with E-state index in [0.717, 1.165) is 59.7 Å². The molecule has 1 fully saturated rings. The number of nitriles is 1. The number of H-pyrrole nitrogens is 1. The molecule has 1 aromatic carbocycles. The van der Waals surface area contributed by atoms with E-state index in [1.165, 1.54) is 12.3 Å². The fraction of sp³-hybridized carbons (Fsp3) is 0.261. The standard InChI is InChI=1S/C23H21FN8/c1-31-14-29-30-23(31)15-6-8-32(9-7-15)22-19(16-2-5-21(24)26-11-16)4-3-18(20(22)10-25)17-12-27-28-13-17/h2-5,11-15H,6-9H2,1H3,(H,27,28). The summed E-state index contributed by atoms with van der Waals surface area (Å²) in [5.74, 6) is 0.771. The summed E-state index contributed by atoms with van der Waals surface area (Å²) in [6.45, 7) is 1.53. The fourth-order valence-electron chi connectivity index (χ4n) is 4.46. The Balaban J connectivity index is 1.57. The summed E-state index contributed by atoms with van der Waals surface area (Å²) in [7, 11) is 1.96. The van der Waals surface area contributed by atoms with Gasteiger partial charge in [0.15, 0.2) is 0 Å². The Hall–Kier alpha value is -4.06. The Bertz CT molecular complexity index is 1260. The number of benzene rings is 1. The van der Waals surface area contributed by atoms with Gasteiger partial charge in [0, 0.05) is 60.7 Å². The lowest BCUT2D eigenvalue weighted by Crippen LogP contribution is -2.34. The number of pyridine rings is 1. The van der Waals surface area contributed by atoms with Crippen LogP contribution in [0.15, 0.2) is 49.2 Å². The highest BCUT2D eigenvalue weighted by Crippen LogP contribution is 2.41. The van der Waals surface area contributed by atoms with Crippen molar-refractivity contribution < 1.29 is 4.39 Å². The monoisotopic (exact) mass is 428 g/mol. The van der Waals surface area contributed by atoms with Crippen molar-refractivity contribution in [2.24, 2.45) is 7.05 Å². The average Bonchev–Trinajstić information content (AvgIpc) is 3.51. The molecule has 5 rings (SSSR count).